The lowest BCUT2D eigenvalue weighted by atomic mass is 9.91. The van der Waals surface area contributed by atoms with Gasteiger partial charge in [0.25, 0.3) is 0 Å². The Hall–Kier alpha value is -1.92. The van der Waals surface area contributed by atoms with Gasteiger partial charge in [-0.05, 0) is 24.1 Å². The van der Waals surface area contributed by atoms with Gasteiger partial charge >= 0.3 is 6.09 Å². The highest BCUT2D eigenvalue weighted by molar-refractivity contribution is 5.85. The average molecular weight is 380 g/mol. The fourth-order valence-corrected chi connectivity index (χ4v) is 4.01. The number of aromatic nitrogens is 1. The number of halogens is 1. The molecule has 2 saturated heterocycles. The Morgan fingerprint density at radius 1 is 1.31 bits per heavy atom. The van der Waals surface area contributed by atoms with Crippen LogP contribution in [0.25, 0.3) is 10.9 Å². The smallest absolute Gasteiger partial charge is 0.410 e. The number of carbonyl (C=O) groups is 1. The standard InChI is InChI=1S/C19H25N3O3.ClH/c1-21-13-19(25-18(21)23)6-9-22(10-7-19)8-5-14-12-20-17-11-15(24-2)3-4-16(14)17;/h3-4,11-12,20H,5-10,13H2,1-2H3;1H. The number of amides is 1. The van der Waals surface area contributed by atoms with Crippen molar-refractivity contribution >= 4 is 29.4 Å². The predicted molar refractivity (Wildman–Crippen MR) is 103 cm³/mol. The fourth-order valence-electron chi connectivity index (χ4n) is 4.01. The third-order valence-corrected chi connectivity index (χ3v) is 5.58. The lowest BCUT2D eigenvalue weighted by Gasteiger charge is -2.37. The second kappa shape index (κ2) is 7.37. The molecule has 1 aromatic heterocycles. The van der Waals surface area contributed by atoms with Gasteiger partial charge in [0.15, 0.2) is 0 Å². The molecule has 0 bridgehead atoms. The van der Waals surface area contributed by atoms with Gasteiger partial charge in [-0.15, -0.1) is 12.4 Å². The molecule has 3 heterocycles. The summed E-state index contributed by atoms with van der Waals surface area (Å²) >= 11 is 0. The van der Waals surface area contributed by atoms with Gasteiger partial charge < -0.3 is 24.3 Å². The summed E-state index contributed by atoms with van der Waals surface area (Å²) < 4.78 is 10.9. The molecule has 1 aromatic carbocycles. The summed E-state index contributed by atoms with van der Waals surface area (Å²) in [5, 5.41) is 1.26. The SMILES string of the molecule is COc1ccc2c(CCN3CCC4(CC3)CN(C)C(=O)O4)c[nH]c2c1.Cl. The number of piperidine rings is 1. The molecule has 7 heteroatoms. The van der Waals surface area contributed by atoms with Crippen LogP contribution in [0.15, 0.2) is 24.4 Å². The molecule has 142 valence electrons. The van der Waals surface area contributed by atoms with Gasteiger partial charge in [0, 0.05) is 62.7 Å². The average Bonchev–Trinajstić information content (AvgIpc) is 3.15. The molecule has 0 atom stereocenters. The van der Waals surface area contributed by atoms with E-state index in [4.69, 9.17) is 9.47 Å². The monoisotopic (exact) mass is 379 g/mol. The van der Waals surface area contributed by atoms with E-state index in [0.29, 0.717) is 0 Å². The molecule has 2 fully saturated rings. The van der Waals surface area contributed by atoms with E-state index in [-0.39, 0.29) is 24.1 Å². The van der Waals surface area contributed by atoms with E-state index >= 15 is 0 Å². The van der Waals surface area contributed by atoms with Crippen LogP contribution in [-0.4, -0.2) is 66.8 Å². The van der Waals surface area contributed by atoms with Crippen molar-refractivity contribution < 1.29 is 14.3 Å². The predicted octanol–water partition coefficient (Wildman–Crippen LogP) is 3.06. The van der Waals surface area contributed by atoms with E-state index in [1.54, 1.807) is 12.0 Å². The highest BCUT2D eigenvalue weighted by Crippen LogP contribution is 2.32. The van der Waals surface area contributed by atoms with Crippen molar-refractivity contribution in [2.45, 2.75) is 24.9 Å². The number of carbonyl (C=O) groups excluding carboxylic acids is 1. The summed E-state index contributed by atoms with van der Waals surface area (Å²) in [6, 6.07) is 6.17. The maximum absolute atomic E-state index is 11.7. The Kier molecular flexibility index (Phi) is 5.34. The van der Waals surface area contributed by atoms with Gasteiger partial charge in [-0.2, -0.15) is 0 Å². The van der Waals surface area contributed by atoms with Crippen LogP contribution in [0.3, 0.4) is 0 Å². The summed E-state index contributed by atoms with van der Waals surface area (Å²) in [6.45, 7) is 3.72. The molecule has 2 aromatic rings. The third-order valence-electron chi connectivity index (χ3n) is 5.58. The molecular weight excluding hydrogens is 354 g/mol. The molecule has 1 amide bonds. The van der Waals surface area contributed by atoms with Crippen molar-refractivity contribution in [3.8, 4) is 5.75 Å². The number of hydrogen-bond acceptors (Lipinski definition) is 4. The summed E-state index contributed by atoms with van der Waals surface area (Å²) in [4.78, 5) is 19.2. The zero-order chi connectivity index (χ0) is 17.4. The van der Waals surface area contributed by atoms with Gasteiger partial charge in [0.1, 0.15) is 11.4 Å². The van der Waals surface area contributed by atoms with E-state index in [1.807, 2.05) is 19.2 Å². The second-order valence-electron chi connectivity index (χ2n) is 7.22. The van der Waals surface area contributed by atoms with Crippen LogP contribution in [0.5, 0.6) is 5.75 Å². The Bertz CT molecular complexity index is 783. The van der Waals surface area contributed by atoms with E-state index in [9.17, 15) is 4.79 Å². The van der Waals surface area contributed by atoms with Crippen LogP contribution in [-0.2, 0) is 11.2 Å². The van der Waals surface area contributed by atoms with Crippen molar-refractivity contribution in [3.05, 3.63) is 30.0 Å². The molecule has 0 radical (unpaired) electrons. The molecule has 6 nitrogen and oxygen atoms in total. The van der Waals surface area contributed by atoms with Crippen LogP contribution in [0, 0.1) is 0 Å². The first-order valence-electron chi connectivity index (χ1n) is 8.89. The molecule has 2 aliphatic rings. The number of likely N-dealkylation sites (N-methyl/N-ethyl adjacent to an activating group) is 1. The van der Waals surface area contributed by atoms with Crippen molar-refractivity contribution in [2.75, 3.05) is 40.3 Å². The molecule has 0 aliphatic carbocycles. The van der Waals surface area contributed by atoms with Gasteiger partial charge in [0.2, 0.25) is 0 Å². The van der Waals surface area contributed by atoms with Crippen LogP contribution in [0.4, 0.5) is 4.79 Å². The lowest BCUT2D eigenvalue weighted by Crippen LogP contribution is -2.47. The molecule has 0 unspecified atom stereocenters. The van der Waals surface area contributed by atoms with Crippen LogP contribution < -0.4 is 4.74 Å². The minimum Gasteiger partial charge on any atom is -0.497 e. The van der Waals surface area contributed by atoms with E-state index in [0.717, 1.165) is 56.7 Å². The number of benzene rings is 1. The topological polar surface area (TPSA) is 57.8 Å². The molecule has 2 aliphatic heterocycles. The van der Waals surface area contributed by atoms with E-state index in [1.165, 1.54) is 10.9 Å². The minimum atomic E-state index is -0.250. The van der Waals surface area contributed by atoms with Gasteiger partial charge in [-0.1, -0.05) is 0 Å². The number of likely N-dealkylation sites (tertiary alicyclic amines) is 1. The number of aromatic amines is 1. The Balaban J connectivity index is 0.00000196. The molecule has 1 spiro atoms. The molecular formula is C19H26ClN3O3. The summed E-state index contributed by atoms with van der Waals surface area (Å²) in [5.41, 5.74) is 2.21. The van der Waals surface area contributed by atoms with Gasteiger partial charge in [-0.25, -0.2) is 4.79 Å². The number of rotatable bonds is 4. The number of fused-ring (bicyclic) bond motifs is 1. The summed E-state index contributed by atoms with van der Waals surface area (Å²) in [7, 11) is 3.50. The first-order valence-corrected chi connectivity index (χ1v) is 8.89. The number of ether oxygens (including phenoxy) is 2. The van der Waals surface area contributed by atoms with Crippen LogP contribution in [0.2, 0.25) is 0 Å². The zero-order valence-electron chi connectivity index (χ0n) is 15.3. The highest BCUT2D eigenvalue weighted by Gasteiger charge is 2.45. The van der Waals surface area contributed by atoms with Gasteiger partial charge in [-0.3, -0.25) is 0 Å². The maximum Gasteiger partial charge on any atom is 0.410 e. The highest BCUT2D eigenvalue weighted by atomic mass is 35.5. The Morgan fingerprint density at radius 2 is 2.08 bits per heavy atom. The summed E-state index contributed by atoms with van der Waals surface area (Å²) in [5.74, 6) is 0.873. The maximum atomic E-state index is 11.7. The number of hydrogen-bond donors (Lipinski definition) is 1. The molecule has 0 saturated carbocycles. The number of methoxy groups -OCH3 is 1. The largest absolute Gasteiger partial charge is 0.497 e. The Labute approximate surface area is 159 Å². The fraction of sp³-hybridized carbons (Fsp3) is 0.526. The Morgan fingerprint density at radius 3 is 2.73 bits per heavy atom. The first-order chi connectivity index (χ1) is 12.1. The first kappa shape index (κ1) is 18.9. The number of H-pyrrole nitrogens is 1. The van der Waals surface area contributed by atoms with E-state index < -0.39 is 0 Å². The normalized spacial score (nSPS) is 19.6. The minimum absolute atomic E-state index is 0. The van der Waals surface area contributed by atoms with Crippen molar-refractivity contribution in [1.82, 2.24) is 14.8 Å². The van der Waals surface area contributed by atoms with Crippen LogP contribution >= 0.6 is 12.4 Å². The third kappa shape index (κ3) is 3.48. The number of nitrogens with one attached hydrogen (secondary N) is 1. The molecule has 26 heavy (non-hydrogen) atoms. The van der Waals surface area contributed by atoms with Gasteiger partial charge in [0.05, 0.1) is 13.7 Å². The van der Waals surface area contributed by atoms with Crippen molar-refractivity contribution in [1.29, 1.82) is 0 Å². The van der Waals surface area contributed by atoms with Crippen molar-refractivity contribution in [3.63, 3.8) is 0 Å². The van der Waals surface area contributed by atoms with Crippen molar-refractivity contribution in [2.24, 2.45) is 0 Å². The lowest BCUT2D eigenvalue weighted by molar-refractivity contribution is 0.00108. The number of nitrogens with zero attached hydrogens (tertiary/aromatic N) is 2. The second-order valence-corrected chi connectivity index (χ2v) is 7.22. The quantitative estimate of drug-likeness (QED) is 0.887. The van der Waals surface area contributed by atoms with E-state index in [2.05, 4.69) is 22.1 Å². The molecule has 1 N–H and O–H groups in total. The zero-order valence-corrected chi connectivity index (χ0v) is 16.1. The van der Waals surface area contributed by atoms with Crippen LogP contribution in [0.1, 0.15) is 18.4 Å². The summed E-state index contributed by atoms with van der Waals surface area (Å²) in [6.07, 6.45) is 4.78. The molecule has 4 rings (SSSR count).